The maximum Gasteiger partial charge on any atom is 0.210 e. The Morgan fingerprint density at radius 2 is 1.48 bits per heavy atom. The number of nitrogens with zero attached hydrogens (tertiary/aromatic N) is 2. The molecule has 0 spiro atoms. The van der Waals surface area contributed by atoms with Gasteiger partial charge in [-0.3, -0.25) is 0 Å². The Morgan fingerprint density at radius 3 is 2.20 bits per heavy atom. The molecule has 1 atom stereocenters. The summed E-state index contributed by atoms with van der Waals surface area (Å²) < 4.78 is 2.37. The van der Waals surface area contributed by atoms with E-state index in [0.29, 0.717) is 0 Å². The Kier molecular flexibility index (Phi) is 6.98. The molecule has 0 fully saturated rings. The van der Waals surface area contributed by atoms with Crippen LogP contribution in [0.3, 0.4) is 0 Å². The van der Waals surface area contributed by atoms with E-state index < -0.39 is 0 Å². The maximum absolute atomic E-state index is 7.15. The van der Waals surface area contributed by atoms with Crippen molar-refractivity contribution in [1.82, 2.24) is 0 Å². The molecule has 0 saturated heterocycles. The first-order valence-corrected chi connectivity index (χ1v) is 16.3. The number of anilines is 1. The first-order chi connectivity index (χ1) is 21.1. The van der Waals surface area contributed by atoms with Crippen molar-refractivity contribution >= 4 is 50.2 Å². The smallest absolute Gasteiger partial charge is 0.210 e. The Hall–Kier alpha value is -3.88. The molecule has 222 valence electrons. The second-order valence-electron chi connectivity index (χ2n) is 13.8. The zero-order valence-corrected chi connectivity index (χ0v) is 27.5. The lowest BCUT2D eigenvalue weighted by Crippen LogP contribution is -2.27. The van der Waals surface area contributed by atoms with Crippen molar-refractivity contribution in [1.29, 1.82) is 0 Å². The van der Waals surface area contributed by atoms with E-state index in [-0.39, 0.29) is 16.7 Å². The van der Waals surface area contributed by atoms with Gasteiger partial charge in [0.05, 0.1) is 5.41 Å². The van der Waals surface area contributed by atoms with Crippen LogP contribution in [0.2, 0.25) is 0 Å². The van der Waals surface area contributed by atoms with Gasteiger partial charge in [-0.25, -0.2) is 0 Å². The van der Waals surface area contributed by atoms with Crippen molar-refractivity contribution in [2.75, 3.05) is 19.0 Å². The number of hydrogen-bond donors (Lipinski definition) is 0. The number of halogens is 1. The standard InChI is InChI=1S/C41H42ClN2/c1-40(2)35(43(5)33-24-21-27-13-7-9-18-31(27)37(33)40)20-12-17-29-15-11-16-30(39(29)42)23-26-36-41(3,4)38-32-19-10-8-14-28(32)22-25-34(38)44(36)6/h7-10,12-14,17-26,30H,11,15-16H2,1-6H3/q+1/b17-12+,26-23+,35-20+. The summed E-state index contributed by atoms with van der Waals surface area (Å²) in [4.78, 5) is 2.35. The van der Waals surface area contributed by atoms with Crippen molar-refractivity contribution in [2.45, 2.75) is 57.8 Å². The van der Waals surface area contributed by atoms with Crippen molar-refractivity contribution in [3.63, 3.8) is 0 Å². The monoisotopic (exact) mass is 597 g/mol. The summed E-state index contributed by atoms with van der Waals surface area (Å²) in [5, 5.41) is 6.26. The molecule has 3 heteroatoms. The fourth-order valence-electron chi connectivity index (χ4n) is 8.19. The van der Waals surface area contributed by atoms with E-state index in [0.717, 1.165) is 24.3 Å². The lowest BCUT2D eigenvalue weighted by Gasteiger charge is -2.24. The van der Waals surface area contributed by atoms with Gasteiger partial charge in [-0.05, 0) is 84.0 Å². The van der Waals surface area contributed by atoms with E-state index in [2.05, 4.69) is 154 Å². The molecule has 44 heavy (non-hydrogen) atoms. The lowest BCUT2D eigenvalue weighted by molar-refractivity contribution is -0.401. The third-order valence-corrected chi connectivity index (χ3v) is 10.9. The van der Waals surface area contributed by atoms with Crippen LogP contribution in [0.4, 0.5) is 11.4 Å². The van der Waals surface area contributed by atoms with Crippen LogP contribution in [0.5, 0.6) is 0 Å². The third kappa shape index (κ3) is 4.41. The van der Waals surface area contributed by atoms with E-state index in [1.54, 1.807) is 0 Å². The van der Waals surface area contributed by atoms with E-state index in [1.165, 1.54) is 61.0 Å². The van der Waals surface area contributed by atoms with E-state index in [1.807, 2.05) is 0 Å². The molecule has 0 amide bonds. The number of benzene rings is 4. The van der Waals surface area contributed by atoms with Gasteiger partial charge in [0.1, 0.15) is 7.05 Å². The van der Waals surface area contributed by atoms with Gasteiger partial charge in [0.25, 0.3) is 0 Å². The normalized spacial score (nSPS) is 21.9. The number of hydrogen-bond acceptors (Lipinski definition) is 1. The molecule has 7 rings (SSSR count). The van der Waals surface area contributed by atoms with Gasteiger partial charge >= 0.3 is 0 Å². The van der Waals surface area contributed by atoms with E-state index in [9.17, 15) is 0 Å². The minimum Gasteiger partial charge on any atom is -0.347 e. The largest absolute Gasteiger partial charge is 0.347 e. The molecule has 2 aliphatic heterocycles. The topological polar surface area (TPSA) is 6.25 Å². The molecule has 1 aliphatic carbocycles. The molecule has 3 aliphatic rings. The summed E-state index contributed by atoms with van der Waals surface area (Å²) in [6.07, 6.45) is 14.7. The highest BCUT2D eigenvalue weighted by Gasteiger charge is 2.44. The Bertz CT molecular complexity index is 1980. The Labute approximate surface area is 267 Å². The fourth-order valence-corrected chi connectivity index (χ4v) is 8.53. The lowest BCUT2D eigenvalue weighted by atomic mass is 9.78. The molecule has 2 nitrogen and oxygen atoms in total. The summed E-state index contributed by atoms with van der Waals surface area (Å²) in [6.45, 7) is 9.39. The van der Waals surface area contributed by atoms with Crippen LogP contribution in [0, 0.1) is 5.92 Å². The molecule has 0 aromatic heterocycles. The van der Waals surface area contributed by atoms with Crippen LogP contribution in [-0.4, -0.2) is 24.4 Å². The average Bonchev–Trinajstić information content (AvgIpc) is 3.34. The molecule has 0 N–H and O–H groups in total. The highest BCUT2D eigenvalue weighted by Crippen LogP contribution is 2.50. The van der Waals surface area contributed by atoms with Gasteiger partial charge in [-0.15, -0.1) is 0 Å². The molecule has 2 heterocycles. The summed E-state index contributed by atoms with van der Waals surface area (Å²) >= 11 is 7.15. The third-order valence-electron chi connectivity index (χ3n) is 10.4. The minimum atomic E-state index is -0.0930. The van der Waals surface area contributed by atoms with Gasteiger partial charge < -0.3 is 4.90 Å². The summed E-state index contributed by atoms with van der Waals surface area (Å²) in [5.41, 5.74) is 9.10. The van der Waals surface area contributed by atoms with Crippen molar-refractivity contribution in [3.05, 3.63) is 131 Å². The number of likely N-dealkylation sites (N-methyl/N-ethyl adjacent to an activating group) is 1. The molecule has 1 unspecified atom stereocenters. The number of allylic oxidation sites excluding steroid dienone is 8. The minimum absolute atomic E-state index is 0.0917. The quantitative estimate of drug-likeness (QED) is 0.212. The van der Waals surface area contributed by atoms with Crippen molar-refractivity contribution in [2.24, 2.45) is 5.92 Å². The Balaban J connectivity index is 1.16. The maximum atomic E-state index is 7.15. The SMILES string of the molecule is CN1/C(=C/C=C/C2=C(Cl)C(/C=C/C3=[N+](C)c4ccc5ccccc5c4C3(C)C)CCC2)C(C)(C)c2c1ccc1ccccc21. The first kappa shape index (κ1) is 28.9. The molecular weight excluding hydrogens is 556 g/mol. The molecule has 4 aromatic rings. The molecular formula is C41H42ClN2+. The molecule has 0 saturated carbocycles. The van der Waals surface area contributed by atoms with Crippen LogP contribution in [0.1, 0.15) is 58.1 Å². The van der Waals surface area contributed by atoms with E-state index in [4.69, 9.17) is 11.6 Å². The highest BCUT2D eigenvalue weighted by molar-refractivity contribution is 6.30. The second-order valence-corrected chi connectivity index (χ2v) is 14.2. The van der Waals surface area contributed by atoms with Gasteiger partial charge in [-0.1, -0.05) is 98.3 Å². The zero-order chi connectivity index (χ0) is 30.8. The molecule has 4 aromatic carbocycles. The van der Waals surface area contributed by atoms with Gasteiger partial charge in [0.2, 0.25) is 5.69 Å². The highest BCUT2D eigenvalue weighted by atomic mass is 35.5. The molecule has 0 bridgehead atoms. The summed E-state index contributed by atoms with van der Waals surface area (Å²) in [5.74, 6) is 0.232. The van der Waals surface area contributed by atoms with Crippen molar-refractivity contribution < 1.29 is 4.58 Å². The van der Waals surface area contributed by atoms with E-state index >= 15 is 0 Å². The van der Waals surface area contributed by atoms with Crippen LogP contribution in [0.15, 0.2) is 119 Å². The first-order valence-electron chi connectivity index (χ1n) is 16.0. The average molecular weight is 598 g/mol. The zero-order valence-electron chi connectivity index (χ0n) is 26.8. The predicted octanol–water partition coefficient (Wildman–Crippen LogP) is 10.7. The van der Waals surface area contributed by atoms with Crippen LogP contribution >= 0.6 is 11.6 Å². The Morgan fingerprint density at radius 1 is 0.818 bits per heavy atom. The van der Waals surface area contributed by atoms with Crippen molar-refractivity contribution in [3.8, 4) is 0 Å². The number of fused-ring (bicyclic) bond motifs is 6. The second kappa shape index (κ2) is 10.6. The van der Waals surface area contributed by atoms with Gasteiger partial charge in [0.15, 0.2) is 5.71 Å². The number of rotatable bonds is 4. The molecule has 0 radical (unpaired) electrons. The summed E-state index contributed by atoms with van der Waals surface area (Å²) in [6, 6.07) is 26.5. The van der Waals surface area contributed by atoms with Crippen LogP contribution in [-0.2, 0) is 10.8 Å². The predicted molar refractivity (Wildman–Crippen MR) is 190 cm³/mol. The van der Waals surface area contributed by atoms with Crippen LogP contribution < -0.4 is 4.90 Å². The van der Waals surface area contributed by atoms with Gasteiger partial charge in [-0.2, -0.15) is 4.58 Å². The van der Waals surface area contributed by atoms with Gasteiger partial charge in [0, 0.05) is 52.5 Å². The summed E-state index contributed by atoms with van der Waals surface area (Å²) in [7, 11) is 4.39. The fraction of sp³-hybridized carbons (Fsp3) is 0.293. The van der Waals surface area contributed by atoms with Crippen LogP contribution in [0.25, 0.3) is 21.5 Å².